The second-order valence-electron chi connectivity index (χ2n) is 8.96. The summed E-state index contributed by atoms with van der Waals surface area (Å²) in [6.45, 7) is 0.529. The van der Waals surface area contributed by atoms with Crippen molar-refractivity contribution in [3.05, 3.63) is 58.1 Å². The van der Waals surface area contributed by atoms with E-state index in [1.807, 2.05) is 0 Å². The van der Waals surface area contributed by atoms with E-state index in [0.29, 0.717) is 0 Å². The summed E-state index contributed by atoms with van der Waals surface area (Å²) in [4.78, 5) is 13.6. The number of benzene rings is 2. The van der Waals surface area contributed by atoms with Gasteiger partial charge < -0.3 is 19.5 Å². The van der Waals surface area contributed by atoms with Crippen LogP contribution in [0.4, 0.5) is 28.9 Å². The first-order valence-corrected chi connectivity index (χ1v) is 14.8. The Morgan fingerprint density at radius 2 is 1.92 bits per heavy atom. The lowest BCUT2D eigenvalue weighted by Crippen LogP contribution is -2.34. The van der Waals surface area contributed by atoms with Crippen LogP contribution in [0.2, 0.25) is 0 Å². The summed E-state index contributed by atoms with van der Waals surface area (Å²) in [6.07, 6.45) is -4.09. The molecular formula is C23H23F4N4O6PS. The fourth-order valence-corrected chi connectivity index (χ4v) is 6.17. The molecule has 0 aliphatic carbocycles. The second kappa shape index (κ2) is 9.96. The first-order valence-electron chi connectivity index (χ1n) is 11.3. The van der Waals surface area contributed by atoms with Gasteiger partial charge in [-0.25, -0.2) is 12.8 Å². The Bertz CT molecular complexity index is 1720. The van der Waals surface area contributed by atoms with Crippen molar-refractivity contribution < 1.29 is 40.2 Å². The van der Waals surface area contributed by atoms with E-state index in [4.69, 9.17) is 4.52 Å². The maximum absolute atomic E-state index is 14.1. The summed E-state index contributed by atoms with van der Waals surface area (Å²) in [5, 5.41) is 13.5. The molecule has 2 heterocycles. The van der Waals surface area contributed by atoms with E-state index >= 15 is 0 Å². The molecule has 2 atom stereocenters. The van der Waals surface area contributed by atoms with Gasteiger partial charge in [-0.05, 0) is 42.8 Å². The minimum atomic E-state index is -4.51. The molecule has 2 unspecified atom stereocenters. The van der Waals surface area contributed by atoms with Gasteiger partial charge in [-0.3, -0.25) is 14.1 Å². The molecule has 210 valence electrons. The van der Waals surface area contributed by atoms with Crippen LogP contribution in [0, 0.1) is 11.7 Å². The van der Waals surface area contributed by atoms with Gasteiger partial charge >= 0.3 is 13.7 Å². The predicted molar refractivity (Wildman–Crippen MR) is 139 cm³/mol. The number of aryl methyl sites for hydroxylation is 1. The minimum Gasteiger partial charge on any atom is -0.506 e. The standard InChI is InChI=1S/C23H23F4N4O6PS/c1-12(23(25,26)27)8-9-31-17-7-4-13(24)10-15(17)20(32)19(22(31)33)21-28-16-6-5-14(30-39(3,35)36)11-18(16)38(34,29-21)37-2/h4-7,10-12,30,32H,8-9H2,1-3H3,(H,28,29,34). The Kier molecular flexibility index (Phi) is 7.30. The van der Waals surface area contributed by atoms with E-state index in [1.54, 1.807) is 0 Å². The van der Waals surface area contributed by atoms with Crippen LogP contribution in [0.15, 0.2) is 46.0 Å². The number of aromatic hydroxyl groups is 1. The topological polar surface area (TPSA) is 139 Å². The van der Waals surface area contributed by atoms with E-state index < -0.39 is 71.1 Å². The second-order valence-corrected chi connectivity index (χ2v) is 12.8. The third-order valence-electron chi connectivity index (χ3n) is 6.12. The normalized spacial score (nSPS) is 18.3. The molecule has 1 aromatic heterocycles. The number of rotatable bonds is 7. The summed E-state index contributed by atoms with van der Waals surface area (Å²) >= 11 is 0. The highest BCUT2D eigenvalue weighted by molar-refractivity contribution is 7.92. The quantitative estimate of drug-likeness (QED) is 0.278. The molecule has 0 amide bonds. The lowest BCUT2D eigenvalue weighted by Gasteiger charge is -2.25. The average molecular weight is 590 g/mol. The number of aromatic nitrogens is 1. The summed E-state index contributed by atoms with van der Waals surface area (Å²) in [5.74, 6) is -3.71. The van der Waals surface area contributed by atoms with Crippen LogP contribution in [0.3, 0.4) is 0 Å². The Labute approximate surface area is 219 Å². The minimum absolute atomic E-state index is 0.0137. The van der Waals surface area contributed by atoms with E-state index in [2.05, 4.69) is 14.8 Å². The van der Waals surface area contributed by atoms with Crippen molar-refractivity contribution in [2.75, 3.05) is 23.4 Å². The lowest BCUT2D eigenvalue weighted by molar-refractivity contribution is -0.171. The summed E-state index contributed by atoms with van der Waals surface area (Å²) in [7, 11) is -6.78. The van der Waals surface area contributed by atoms with Gasteiger partial charge in [-0.15, -0.1) is 0 Å². The highest BCUT2D eigenvalue weighted by Gasteiger charge is 2.37. The number of anilines is 2. The number of pyridine rings is 1. The predicted octanol–water partition coefficient (Wildman–Crippen LogP) is 4.14. The fraction of sp³-hybridized carbons (Fsp3) is 0.304. The van der Waals surface area contributed by atoms with Gasteiger partial charge in [0.05, 0.1) is 28.7 Å². The van der Waals surface area contributed by atoms with Gasteiger partial charge in [0.15, 0.2) is 5.84 Å². The Hall–Kier alpha value is -3.42. The zero-order valence-corrected chi connectivity index (χ0v) is 22.4. The molecule has 0 radical (unpaired) electrons. The molecule has 1 aliphatic heterocycles. The number of hydrogen-bond acceptors (Lipinski definition) is 7. The molecule has 3 N–H and O–H groups in total. The molecule has 2 aromatic carbocycles. The maximum atomic E-state index is 14.1. The van der Waals surface area contributed by atoms with Crippen molar-refractivity contribution in [2.45, 2.75) is 26.1 Å². The number of halogens is 4. The maximum Gasteiger partial charge on any atom is 0.391 e. The summed E-state index contributed by atoms with van der Waals surface area (Å²) in [6, 6.07) is 6.97. The largest absolute Gasteiger partial charge is 0.506 e. The molecule has 16 heteroatoms. The zero-order chi connectivity index (χ0) is 28.9. The monoisotopic (exact) mass is 590 g/mol. The van der Waals surface area contributed by atoms with Crippen LogP contribution in [-0.4, -0.2) is 43.5 Å². The SMILES string of the molecule is COP1(=O)N=C(c2c(O)c3cc(F)ccc3n(CCC(C)C(F)(F)F)c2=O)Nc2ccc(NS(C)(=O)=O)cc21. The van der Waals surface area contributed by atoms with E-state index in [0.717, 1.165) is 43.1 Å². The van der Waals surface area contributed by atoms with Gasteiger partial charge in [-0.1, -0.05) is 6.92 Å². The number of hydrogen-bond donors (Lipinski definition) is 3. The molecule has 1 aliphatic rings. The smallest absolute Gasteiger partial charge is 0.391 e. The van der Waals surface area contributed by atoms with Crippen LogP contribution < -0.4 is 20.9 Å². The molecule has 39 heavy (non-hydrogen) atoms. The van der Waals surface area contributed by atoms with Crippen molar-refractivity contribution in [1.82, 2.24) is 4.57 Å². The third kappa shape index (κ3) is 5.65. The van der Waals surface area contributed by atoms with Crippen LogP contribution in [-0.2, 0) is 25.7 Å². The van der Waals surface area contributed by atoms with Crippen molar-refractivity contribution in [1.29, 1.82) is 0 Å². The first kappa shape index (κ1) is 28.6. The third-order valence-corrected chi connectivity index (χ3v) is 8.66. The molecule has 0 saturated heterocycles. The first-order chi connectivity index (χ1) is 18.0. The number of nitrogens with zero attached hydrogens (tertiary/aromatic N) is 2. The number of sulfonamides is 1. The average Bonchev–Trinajstić information content (AvgIpc) is 2.83. The summed E-state index contributed by atoms with van der Waals surface area (Å²) in [5.41, 5.74) is -1.39. The number of alkyl halides is 3. The van der Waals surface area contributed by atoms with Crippen LogP contribution in [0.1, 0.15) is 18.9 Å². The van der Waals surface area contributed by atoms with Crippen LogP contribution >= 0.6 is 7.52 Å². The lowest BCUT2D eigenvalue weighted by atomic mass is 10.1. The Morgan fingerprint density at radius 1 is 1.23 bits per heavy atom. The number of amidine groups is 1. The Morgan fingerprint density at radius 3 is 2.54 bits per heavy atom. The van der Waals surface area contributed by atoms with Gasteiger partial charge in [0.25, 0.3) is 5.56 Å². The molecule has 3 aromatic rings. The van der Waals surface area contributed by atoms with Gasteiger partial charge in [-0.2, -0.15) is 17.9 Å². The fourth-order valence-electron chi connectivity index (χ4n) is 4.07. The van der Waals surface area contributed by atoms with E-state index in [1.165, 1.54) is 18.2 Å². The molecule has 4 rings (SSSR count). The highest BCUT2D eigenvalue weighted by Crippen LogP contribution is 2.52. The van der Waals surface area contributed by atoms with Crippen molar-refractivity contribution in [3.63, 3.8) is 0 Å². The van der Waals surface area contributed by atoms with Crippen molar-refractivity contribution >= 4 is 51.0 Å². The van der Waals surface area contributed by atoms with Gasteiger partial charge in [0.1, 0.15) is 17.1 Å². The molecular weight excluding hydrogens is 567 g/mol. The van der Waals surface area contributed by atoms with Crippen LogP contribution in [0.25, 0.3) is 10.9 Å². The molecule has 0 bridgehead atoms. The molecule has 0 spiro atoms. The number of fused-ring (bicyclic) bond motifs is 2. The number of nitrogens with one attached hydrogen (secondary N) is 2. The zero-order valence-electron chi connectivity index (χ0n) is 20.7. The molecule has 10 nitrogen and oxygen atoms in total. The van der Waals surface area contributed by atoms with E-state index in [-0.39, 0.29) is 27.6 Å². The van der Waals surface area contributed by atoms with Gasteiger partial charge in [0.2, 0.25) is 10.0 Å². The highest BCUT2D eigenvalue weighted by atomic mass is 32.2. The van der Waals surface area contributed by atoms with Crippen molar-refractivity contribution in [3.8, 4) is 5.75 Å². The van der Waals surface area contributed by atoms with E-state index in [9.17, 15) is 40.4 Å². The Balaban J connectivity index is 1.90. The van der Waals surface area contributed by atoms with Crippen LogP contribution in [0.5, 0.6) is 5.75 Å². The molecule has 0 saturated carbocycles. The molecule has 0 fully saturated rings. The van der Waals surface area contributed by atoms with Gasteiger partial charge in [0, 0.05) is 24.7 Å². The van der Waals surface area contributed by atoms with Crippen molar-refractivity contribution in [2.24, 2.45) is 10.7 Å². The summed E-state index contributed by atoms with van der Waals surface area (Å²) < 4.78 is 103.